The van der Waals surface area contributed by atoms with Crippen LogP contribution in [0.3, 0.4) is 0 Å². The van der Waals surface area contributed by atoms with Crippen molar-refractivity contribution in [2.45, 2.75) is 90.9 Å². The van der Waals surface area contributed by atoms with Crippen molar-refractivity contribution in [3.8, 4) is 5.75 Å². The second-order valence-corrected chi connectivity index (χ2v) is 10.2. The number of rotatable bonds is 10. The van der Waals surface area contributed by atoms with Gasteiger partial charge in [0.1, 0.15) is 17.1 Å². The standard InChI is InChI=1S/C26H37ClN6O2/c1-5-16(6-2)13-22-30-23-24(28-17-7-9-18(34)10-8-17)32-26(33-25(23)31-22)29-21-12-11-19(14-20(21)27)35-15(3)4/h11-12,14-18,34H,5-10,13H2,1-4H3,(H3,28,29,30,31,32,33). The van der Waals surface area contributed by atoms with Crippen molar-refractivity contribution in [2.75, 3.05) is 10.6 Å². The number of hydrogen-bond acceptors (Lipinski definition) is 7. The summed E-state index contributed by atoms with van der Waals surface area (Å²) in [5, 5.41) is 17.3. The molecule has 1 saturated carbocycles. The number of nitrogens with one attached hydrogen (secondary N) is 3. The fraction of sp³-hybridized carbons (Fsp3) is 0.577. The summed E-state index contributed by atoms with van der Waals surface area (Å²) in [6.45, 7) is 8.38. The van der Waals surface area contributed by atoms with Gasteiger partial charge in [0.05, 0.1) is 22.9 Å². The van der Waals surface area contributed by atoms with Gasteiger partial charge in [0.15, 0.2) is 11.5 Å². The lowest BCUT2D eigenvalue weighted by Crippen LogP contribution is -2.28. The van der Waals surface area contributed by atoms with Crippen LogP contribution in [-0.4, -0.2) is 43.3 Å². The molecule has 0 aliphatic heterocycles. The molecule has 4 rings (SSSR count). The number of imidazole rings is 1. The zero-order valence-electron chi connectivity index (χ0n) is 21.1. The second-order valence-electron chi connectivity index (χ2n) is 9.75. The van der Waals surface area contributed by atoms with Gasteiger partial charge in [-0.2, -0.15) is 9.97 Å². The van der Waals surface area contributed by atoms with Crippen molar-refractivity contribution < 1.29 is 9.84 Å². The average molecular weight is 501 g/mol. The summed E-state index contributed by atoms with van der Waals surface area (Å²) >= 11 is 6.52. The highest BCUT2D eigenvalue weighted by Crippen LogP contribution is 2.31. The van der Waals surface area contributed by atoms with Crippen molar-refractivity contribution in [2.24, 2.45) is 5.92 Å². The maximum Gasteiger partial charge on any atom is 0.231 e. The van der Waals surface area contributed by atoms with E-state index in [9.17, 15) is 5.11 Å². The summed E-state index contributed by atoms with van der Waals surface area (Å²) in [7, 11) is 0. The zero-order valence-corrected chi connectivity index (χ0v) is 21.8. The van der Waals surface area contributed by atoms with Crippen molar-refractivity contribution in [3.63, 3.8) is 0 Å². The monoisotopic (exact) mass is 500 g/mol. The number of aromatic nitrogens is 4. The number of aliphatic hydroxyl groups is 1. The summed E-state index contributed by atoms with van der Waals surface area (Å²) in [4.78, 5) is 17.8. The van der Waals surface area contributed by atoms with Gasteiger partial charge in [-0.25, -0.2) is 4.98 Å². The Morgan fingerprint density at radius 1 is 1.11 bits per heavy atom. The van der Waals surface area contributed by atoms with E-state index in [0.29, 0.717) is 34.0 Å². The van der Waals surface area contributed by atoms with Crippen molar-refractivity contribution in [1.29, 1.82) is 0 Å². The lowest BCUT2D eigenvalue weighted by Gasteiger charge is -2.26. The quantitative estimate of drug-likeness (QED) is 0.261. The molecule has 1 aliphatic rings. The molecule has 190 valence electrons. The van der Waals surface area contributed by atoms with E-state index in [4.69, 9.17) is 31.3 Å². The van der Waals surface area contributed by atoms with E-state index < -0.39 is 0 Å². The molecule has 0 bridgehead atoms. The second kappa shape index (κ2) is 11.4. The number of aromatic amines is 1. The lowest BCUT2D eigenvalue weighted by atomic mass is 9.93. The number of fused-ring (bicyclic) bond motifs is 1. The Balaban J connectivity index is 1.64. The topological polar surface area (TPSA) is 108 Å². The predicted octanol–water partition coefficient (Wildman–Crippen LogP) is 6.23. The maximum absolute atomic E-state index is 9.90. The van der Waals surface area contributed by atoms with Gasteiger partial charge in [0.25, 0.3) is 0 Å². The van der Waals surface area contributed by atoms with Crippen LogP contribution < -0.4 is 15.4 Å². The van der Waals surface area contributed by atoms with Crippen molar-refractivity contribution in [1.82, 2.24) is 19.9 Å². The van der Waals surface area contributed by atoms with E-state index in [1.807, 2.05) is 26.0 Å². The van der Waals surface area contributed by atoms with E-state index >= 15 is 0 Å². The molecule has 0 radical (unpaired) electrons. The highest BCUT2D eigenvalue weighted by Gasteiger charge is 2.22. The Morgan fingerprint density at radius 2 is 1.86 bits per heavy atom. The molecule has 3 aromatic rings. The van der Waals surface area contributed by atoms with Crippen LogP contribution >= 0.6 is 11.6 Å². The molecule has 4 N–H and O–H groups in total. The Bertz CT molecular complexity index is 1120. The number of aliphatic hydroxyl groups excluding tert-OH is 1. The third kappa shape index (κ3) is 6.55. The Hall–Kier alpha value is -2.58. The van der Waals surface area contributed by atoms with E-state index in [0.717, 1.165) is 62.1 Å². The summed E-state index contributed by atoms with van der Waals surface area (Å²) in [5.74, 6) is 3.36. The minimum Gasteiger partial charge on any atom is -0.491 e. The van der Waals surface area contributed by atoms with Crippen molar-refractivity contribution in [3.05, 3.63) is 29.0 Å². The van der Waals surface area contributed by atoms with Gasteiger partial charge < -0.3 is 25.5 Å². The predicted molar refractivity (Wildman–Crippen MR) is 142 cm³/mol. The van der Waals surface area contributed by atoms with E-state index in [2.05, 4.69) is 29.5 Å². The number of nitrogens with zero attached hydrogens (tertiary/aromatic N) is 3. The van der Waals surface area contributed by atoms with Gasteiger partial charge in [-0.3, -0.25) is 0 Å². The van der Waals surface area contributed by atoms with Gasteiger partial charge in [-0.1, -0.05) is 38.3 Å². The van der Waals surface area contributed by atoms with E-state index in [-0.39, 0.29) is 18.2 Å². The Labute approximate surface area is 212 Å². The Kier molecular flexibility index (Phi) is 8.34. The first-order valence-corrected chi connectivity index (χ1v) is 13.2. The molecule has 1 aromatic carbocycles. The molecule has 0 unspecified atom stereocenters. The number of anilines is 3. The third-order valence-electron chi connectivity index (χ3n) is 6.63. The highest BCUT2D eigenvalue weighted by molar-refractivity contribution is 6.33. The summed E-state index contributed by atoms with van der Waals surface area (Å²) in [5.41, 5.74) is 2.13. The molecule has 0 saturated heterocycles. The SMILES string of the molecule is CCC(CC)Cc1nc2nc(Nc3ccc(OC(C)C)cc3Cl)nc(NC3CCC(O)CC3)c2[nH]1. The molecule has 35 heavy (non-hydrogen) atoms. The molecule has 2 aromatic heterocycles. The van der Waals surface area contributed by atoms with Crippen LogP contribution in [-0.2, 0) is 6.42 Å². The van der Waals surface area contributed by atoms with Crippen LogP contribution in [0.1, 0.15) is 72.0 Å². The largest absolute Gasteiger partial charge is 0.491 e. The van der Waals surface area contributed by atoms with Crippen LogP contribution in [0.25, 0.3) is 11.2 Å². The number of H-pyrrole nitrogens is 1. The summed E-state index contributed by atoms with van der Waals surface area (Å²) in [6, 6.07) is 5.77. The first kappa shape index (κ1) is 25.5. The van der Waals surface area contributed by atoms with Crippen LogP contribution in [0.4, 0.5) is 17.5 Å². The van der Waals surface area contributed by atoms with Crippen molar-refractivity contribution >= 4 is 40.2 Å². The van der Waals surface area contributed by atoms with Gasteiger partial charge >= 0.3 is 0 Å². The van der Waals surface area contributed by atoms with Crippen LogP contribution in [0.2, 0.25) is 5.02 Å². The highest BCUT2D eigenvalue weighted by atomic mass is 35.5. The molecular weight excluding hydrogens is 464 g/mol. The Morgan fingerprint density at radius 3 is 2.51 bits per heavy atom. The van der Waals surface area contributed by atoms with E-state index in [1.54, 1.807) is 6.07 Å². The number of benzene rings is 1. The number of hydrogen-bond donors (Lipinski definition) is 4. The van der Waals surface area contributed by atoms with E-state index in [1.165, 1.54) is 0 Å². The lowest BCUT2D eigenvalue weighted by molar-refractivity contribution is 0.126. The van der Waals surface area contributed by atoms with Crippen LogP contribution in [0.5, 0.6) is 5.75 Å². The fourth-order valence-corrected chi connectivity index (χ4v) is 4.75. The summed E-state index contributed by atoms with van der Waals surface area (Å²) in [6.07, 6.45) is 6.33. The van der Waals surface area contributed by atoms with Crippen LogP contribution in [0, 0.1) is 5.92 Å². The molecule has 1 aliphatic carbocycles. The molecule has 0 atom stereocenters. The zero-order chi connectivity index (χ0) is 24.9. The first-order chi connectivity index (χ1) is 16.8. The third-order valence-corrected chi connectivity index (χ3v) is 6.95. The van der Waals surface area contributed by atoms with Gasteiger partial charge in [-0.15, -0.1) is 0 Å². The molecular formula is C26H37ClN6O2. The normalized spacial score (nSPS) is 18.4. The summed E-state index contributed by atoms with van der Waals surface area (Å²) < 4.78 is 5.74. The first-order valence-electron chi connectivity index (χ1n) is 12.8. The molecule has 1 fully saturated rings. The minimum absolute atomic E-state index is 0.0685. The number of halogens is 1. The molecule has 9 heteroatoms. The van der Waals surface area contributed by atoms with Gasteiger partial charge in [0.2, 0.25) is 5.95 Å². The smallest absolute Gasteiger partial charge is 0.231 e. The molecule has 0 amide bonds. The van der Waals surface area contributed by atoms with Gasteiger partial charge in [0, 0.05) is 18.5 Å². The van der Waals surface area contributed by atoms with Gasteiger partial charge in [-0.05, 0) is 57.6 Å². The molecule has 0 spiro atoms. The number of ether oxygens (including phenoxy) is 1. The molecule has 8 nitrogen and oxygen atoms in total. The minimum atomic E-state index is -0.209. The maximum atomic E-state index is 9.90. The molecule has 2 heterocycles. The fourth-order valence-electron chi connectivity index (χ4n) is 4.53. The average Bonchev–Trinajstić information content (AvgIpc) is 3.23. The van der Waals surface area contributed by atoms with Crippen LogP contribution in [0.15, 0.2) is 18.2 Å².